The van der Waals surface area contributed by atoms with E-state index >= 15 is 0 Å². The minimum absolute atomic E-state index is 0.0446. The Morgan fingerprint density at radius 2 is 2.07 bits per heavy atom. The molecule has 28 heavy (non-hydrogen) atoms. The number of aliphatic imine (C=N–C) groups is 1. The number of thioether (sulfide) groups is 1. The van der Waals surface area contributed by atoms with E-state index in [2.05, 4.69) is 27.4 Å². The zero-order chi connectivity index (χ0) is 19.1. The van der Waals surface area contributed by atoms with Gasteiger partial charge in [-0.25, -0.2) is 4.39 Å². The van der Waals surface area contributed by atoms with Crippen molar-refractivity contribution in [2.24, 2.45) is 4.99 Å². The molecule has 0 amide bonds. The van der Waals surface area contributed by atoms with Gasteiger partial charge in [0.1, 0.15) is 17.9 Å². The Kier molecular flexibility index (Phi) is 4.43. The molecule has 0 aliphatic carbocycles. The smallest absolute Gasteiger partial charge is 0.160 e. The lowest BCUT2D eigenvalue weighted by Crippen LogP contribution is -2.36. The van der Waals surface area contributed by atoms with Gasteiger partial charge in [-0.05, 0) is 48.9 Å². The van der Waals surface area contributed by atoms with Gasteiger partial charge in [0.15, 0.2) is 5.17 Å². The summed E-state index contributed by atoms with van der Waals surface area (Å²) in [5, 5.41) is 1.10. The van der Waals surface area contributed by atoms with Crippen LogP contribution in [0.15, 0.2) is 72.0 Å². The van der Waals surface area contributed by atoms with Crippen LogP contribution in [0.25, 0.3) is 5.69 Å². The molecule has 0 N–H and O–H groups in total. The molecule has 142 valence electrons. The van der Waals surface area contributed by atoms with Crippen molar-refractivity contribution in [3.8, 4) is 5.69 Å². The molecule has 0 radical (unpaired) electrons. The van der Waals surface area contributed by atoms with Gasteiger partial charge in [-0.1, -0.05) is 30.8 Å². The molecule has 0 saturated carbocycles. The fourth-order valence-corrected chi connectivity index (χ4v) is 5.50. The summed E-state index contributed by atoms with van der Waals surface area (Å²) in [6.07, 6.45) is 4.89. The highest BCUT2D eigenvalue weighted by Crippen LogP contribution is 2.48. The van der Waals surface area contributed by atoms with Crippen LogP contribution in [0.1, 0.15) is 36.8 Å². The molecule has 3 atom stereocenters. The molecular weight excluding hydrogens is 371 g/mol. The van der Waals surface area contributed by atoms with Crippen LogP contribution >= 0.6 is 11.8 Å². The second-order valence-electron chi connectivity index (χ2n) is 7.12. The van der Waals surface area contributed by atoms with Crippen LogP contribution in [-0.2, 0) is 0 Å². The fraction of sp³-hybridized carbons (Fsp3) is 0.273. The third kappa shape index (κ3) is 2.83. The van der Waals surface area contributed by atoms with Gasteiger partial charge in [-0.15, -0.1) is 0 Å². The van der Waals surface area contributed by atoms with E-state index < -0.39 is 0 Å². The van der Waals surface area contributed by atoms with Crippen molar-refractivity contribution >= 4 is 16.9 Å². The maximum absolute atomic E-state index is 13.9. The van der Waals surface area contributed by atoms with Gasteiger partial charge in [0.2, 0.25) is 0 Å². The van der Waals surface area contributed by atoms with Crippen molar-refractivity contribution in [2.45, 2.75) is 31.5 Å². The van der Waals surface area contributed by atoms with E-state index in [0.29, 0.717) is 6.04 Å². The van der Waals surface area contributed by atoms with E-state index in [-0.39, 0.29) is 17.9 Å². The molecule has 4 nitrogen and oxygen atoms in total. The van der Waals surface area contributed by atoms with Crippen molar-refractivity contribution in [3.05, 3.63) is 84.2 Å². The number of halogens is 1. The van der Waals surface area contributed by atoms with Crippen LogP contribution in [-0.4, -0.2) is 31.4 Å². The van der Waals surface area contributed by atoms with Crippen molar-refractivity contribution in [3.63, 3.8) is 0 Å². The van der Waals surface area contributed by atoms with Crippen LogP contribution in [0.3, 0.4) is 0 Å². The molecule has 5 rings (SSSR count). The number of pyridine rings is 1. The van der Waals surface area contributed by atoms with E-state index in [0.717, 1.165) is 34.4 Å². The van der Waals surface area contributed by atoms with Crippen LogP contribution in [0.5, 0.6) is 0 Å². The highest BCUT2D eigenvalue weighted by Gasteiger charge is 2.46. The SMILES string of the molecule is CC[C@H]1CSC2=N[C@H](c3ccccn3)[C@@H](c3cccn3-c3cccc(F)c3)N21. The molecule has 2 aliphatic rings. The van der Waals surface area contributed by atoms with Gasteiger partial charge in [0, 0.05) is 35.6 Å². The number of hydrogen-bond acceptors (Lipinski definition) is 4. The predicted octanol–water partition coefficient (Wildman–Crippen LogP) is 4.99. The Morgan fingerprint density at radius 3 is 2.86 bits per heavy atom. The van der Waals surface area contributed by atoms with Gasteiger partial charge in [0.05, 0.1) is 5.69 Å². The van der Waals surface area contributed by atoms with E-state index in [1.54, 1.807) is 12.1 Å². The molecule has 0 spiro atoms. The second-order valence-corrected chi connectivity index (χ2v) is 8.11. The molecule has 1 aromatic carbocycles. The third-order valence-corrected chi connectivity index (χ3v) is 6.62. The summed E-state index contributed by atoms with van der Waals surface area (Å²) in [4.78, 5) is 12.1. The van der Waals surface area contributed by atoms with Gasteiger partial charge in [0.25, 0.3) is 0 Å². The molecule has 3 aromatic rings. The molecule has 0 bridgehead atoms. The molecule has 6 heteroatoms. The second kappa shape index (κ2) is 7.09. The van der Waals surface area contributed by atoms with Crippen molar-refractivity contribution in [1.82, 2.24) is 14.5 Å². The topological polar surface area (TPSA) is 33.4 Å². The first-order chi connectivity index (χ1) is 13.8. The van der Waals surface area contributed by atoms with Crippen molar-refractivity contribution < 1.29 is 4.39 Å². The zero-order valence-corrected chi connectivity index (χ0v) is 16.4. The molecular formula is C22H21FN4S. The normalized spacial score (nSPS) is 23.7. The number of amidine groups is 1. The van der Waals surface area contributed by atoms with Crippen LogP contribution < -0.4 is 0 Å². The van der Waals surface area contributed by atoms with Crippen molar-refractivity contribution in [1.29, 1.82) is 0 Å². The average molecular weight is 393 g/mol. The molecule has 2 aromatic heterocycles. The van der Waals surface area contributed by atoms with E-state index in [9.17, 15) is 4.39 Å². The van der Waals surface area contributed by atoms with Crippen LogP contribution in [0.4, 0.5) is 4.39 Å². The van der Waals surface area contributed by atoms with Crippen LogP contribution in [0, 0.1) is 5.82 Å². The van der Waals surface area contributed by atoms with Gasteiger partial charge in [-0.3, -0.25) is 9.98 Å². The van der Waals surface area contributed by atoms with Gasteiger partial charge in [-0.2, -0.15) is 0 Å². The summed E-state index contributed by atoms with van der Waals surface area (Å²) >= 11 is 1.83. The Bertz CT molecular complexity index is 1020. The van der Waals surface area contributed by atoms with E-state index in [1.807, 2.05) is 54.5 Å². The van der Waals surface area contributed by atoms with E-state index in [4.69, 9.17) is 4.99 Å². The summed E-state index contributed by atoms with van der Waals surface area (Å²) in [6.45, 7) is 2.23. The minimum atomic E-state index is -0.232. The lowest BCUT2D eigenvalue weighted by Gasteiger charge is -2.32. The number of aromatic nitrogens is 2. The lowest BCUT2D eigenvalue weighted by atomic mass is 9.99. The third-order valence-electron chi connectivity index (χ3n) is 5.50. The Morgan fingerprint density at radius 1 is 1.14 bits per heavy atom. The molecule has 1 fully saturated rings. The monoisotopic (exact) mass is 392 g/mol. The predicted molar refractivity (Wildman–Crippen MR) is 111 cm³/mol. The summed E-state index contributed by atoms with van der Waals surface area (Å²) in [7, 11) is 0. The molecule has 2 aliphatic heterocycles. The summed E-state index contributed by atoms with van der Waals surface area (Å²) in [5.74, 6) is 0.825. The maximum Gasteiger partial charge on any atom is 0.160 e. The number of nitrogens with zero attached hydrogens (tertiary/aromatic N) is 4. The summed E-state index contributed by atoms with van der Waals surface area (Å²) in [6, 6.07) is 17.3. The van der Waals surface area contributed by atoms with Gasteiger partial charge < -0.3 is 9.47 Å². The average Bonchev–Trinajstić information content (AvgIpc) is 3.43. The number of fused-ring (bicyclic) bond motifs is 1. The maximum atomic E-state index is 13.9. The summed E-state index contributed by atoms with van der Waals surface area (Å²) in [5.41, 5.74) is 2.91. The summed E-state index contributed by atoms with van der Waals surface area (Å²) < 4.78 is 16.0. The Labute approximate surface area is 168 Å². The highest BCUT2D eigenvalue weighted by atomic mass is 32.2. The van der Waals surface area contributed by atoms with Crippen molar-refractivity contribution in [2.75, 3.05) is 5.75 Å². The lowest BCUT2D eigenvalue weighted by molar-refractivity contribution is 0.249. The highest BCUT2D eigenvalue weighted by molar-refractivity contribution is 8.14. The first kappa shape index (κ1) is 17.5. The Hall–Kier alpha value is -2.60. The quantitative estimate of drug-likeness (QED) is 0.627. The molecule has 1 saturated heterocycles. The fourth-order valence-electron chi connectivity index (χ4n) is 4.17. The largest absolute Gasteiger partial charge is 0.337 e. The number of rotatable bonds is 4. The van der Waals surface area contributed by atoms with Crippen LogP contribution in [0.2, 0.25) is 0 Å². The van der Waals surface area contributed by atoms with E-state index in [1.165, 1.54) is 6.07 Å². The molecule has 4 heterocycles. The number of benzene rings is 1. The number of hydrogen-bond donors (Lipinski definition) is 0. The first-order valence-corrected chi connectivity index (χ1v) is 10.6. The van der Waals surface area contributed by atoms with Gasteiger partial charge >= 0.3 is 0 Å². The standard InChI is InChI=1S/C22H21FN4S/c1-2-16-14-28-22-25-20(18-9-3-4-11-24-18)21(27(16)22)19-10-6-12-26(19)17-8-5-7-15(23)13-17/h3-13,16,20-21H,2,14H2,1H3/t16-,20+,21+/m0/s1. The Balaban J connectivity index is 1.63. The zero-order valence-electron chi connectivity index (χ0n) is 15.6. The first-order valence-electron chi connectivity index (χ1n) is 9.59. The molecule has 0 unspecified atom stereocenters. The minimum Gasteiger partial charge on any atom is -0.337 e.